The van der Waals surface area contributed by atoms with Crippen LogP contribution in [0.1, 0.15) is 16.7 Å². The van der Waals surface area contributed by atoms with Crippen molar-refractivity contribution in [3.05, 3.63) is 89.0 Å². The van der Waals surface area contributed by atoms with Gasteiger partial charge < -0.3 is 15.2 Å². The topological polar surface area (TPSA) is 54.2 Å². The quantitative estimate of drug-likeness (QED) is 0.518. The molecular formula is C20H22ClN5. The Morgan fingerprint density at radius 3 is 2.42 bits per heavy atom. The fourth-order valence-electron chi connectivity index (χ4n) is 2.59. The smallest absolute Gasteiger partial charge is 0.191 e. The molecule has 0 fully saturated rings. The number of rotatable bonds is 6. The van der Waals surface area contributed by atoms with Crippen LogP contribution in [-0.4, -0.2) is 22.6 Å². The molecule has 3 aromatic rings. The first-order valence-electron chi connectivity index (χ1n) is 8.45. The summed E-state index contributed by atoms with van der Waals surface area (Å²) in [5.41, 5.74) is 3.56. The van der Waals surface area contributed by atoms with Gasteiger partial charge >= 0.3 is 0 Å². The molecule has 0 aliphatic carbocycles. The predicted octanol–water partition coefficient (Wildman–Crippen LogP) is 3.45. The van der Waals surface area contributed by atoms with Gasteiger partial charge in [-0.05, 0) is 28.8 Å². The van der Waals surface area contributed by atoms with Gasteiger partial charge in [0.2, 0.25) is 0 Å². The van der Waals surface area contributed by atoms with Crippen molar-refractivity contribution in [1.82, 2.24) is 20.2 Å². The zero-order valence-electron chi connectivity index (χ0n) is 14.7. The van der Waals surface area contributed by atoms with Crippen LogP contribution in [0.3, 0.4) is 0 Å². The van der Waals surface area contributed by atoms with Crippen LogP contribution in [-0.2, 0) is 19.6 Å². The Morgan fingerprint density at radius 1 is 1.04 bits per heavy atom. The Hall–Kier alpha value is -2.79. The molecule has 3 rings (SSSR count). The molecule has 0 atom stereocenters. The summed E-state index contributed by atoms with van der Waals surface area (Å²) in [7, 11) is 1.77. The second kappa shape index (κ2) is 9.06. The highest BCUT2D eigenvalue weighted by Crippen LogP contribution is 2.10. The molecular weight excluding hydrogens is 346 g/mol. The third kappa shape index (κ3) is 5.36. The van der Waals surface area contributed by atoms with Crippen LogP contribution >= 0.6 is 11.6 Å². The summed E-state index contributed by atoms with van der Waals surface area (Å²) in [6.07, 6.45) is 5.58. The highest BCUT2D eigenvalue weighted by atomic mass is 35.5. The minimum absolute atomic E-state index is 0.671. The highest BCUT2D eigenvalue weighted by molar-refractivity contribution is 6.30. The second-order valence-corrected chi connectivity index (χ2v) is 6.40. The van der Waals surface area contributed by atoms with E-state index in [-0.39, 0.29) is 0 Å². The largest absolute Gasteiger partial charge is 0.352 e. The summed E-state index contributed by atoms with van der Waals surface area (Å²) in [6.45, 7) is 2.21. The normalized spacial score (nSPS) is 11.4. The van der Waals surface area contributed by atoms with Crippen LogP contribution in [0.2, 0.25) is 5.02 Å². The summed E-state index contributed by atoms with van der Waals surface area (Å²) < 4.78 is 2.05. The molecule has 0 bridgehead atoms. The number of imidazole rings is 1. The summed E-state index contributed by atoms with van der Waals surface area (Å²) in [6, 6.07) is 16.3. The summed E-state index contributed by atoms with van der Waals surface area (Å²) in [4.78, 5) is 8.32. The van der Waals surface area contributed by atoms with E-state index in [1.807, 2.05) is 36.8 Å². The van der Waals surface area contributed by atoms with Crippen molar-refractivity contribution in [2.24, 2.45) is 4.99 Å². The van der Waals surface area contributed by atoms with Crippen LogP contribution in [0.4, 0.5) is 0 Å². The van der Waals surface area contributed by atoms with Gasteiger partial charge in [-0.3, -0.25) is 4.99 Å². The molecule has 5 nitrogen and oxygen atoms in total. The van der Waals surface area contributed by atoms with Gasteiger partial charge in [0.05, 0.1) is 6.33 Å². The van der Waals surface area contributed by atoms with Crippen molar-refractivity contribution in [2.75, 3.05) is 7.05 Å². The molecule has 0 aliphatic rings. The molecule has 0 amide bonds. The molecule has 26 heavy (non-hydrogen) atoms. The van der Waals surface area contributed by atoms with Crippen molar-refractivity contribution < 1.29 is 0 Å². The van der Waals surface area contributed by atoms with E-state index in [1.165, 1.54) is 11.1 Å². The van der Waals surface area contributed by atoms with E-state index in [4.69, 9.17) is 11.6 Å². The molecule has 0 radical (unpaired) electrons. The Morgan fingerprint density at radius 2 is 1.77 bits per heavy atom. The average Bonchev–Trinajstić information content (AvgIpc) is 3.16. The minimum atomic E-state index is 0.671. The molecule has 134 valence electrons. The lowest BCUT2D eigenvalue weighted by molar-refractivity contribution is 0.792. The van der Waals surface area contributed by atoms with Crippen molar-refractivity contribution >= 4 is 17.6 Å². The van der Waals surface area contributed by atoms with Gasteiger partial charge in [-0.15, -0.1) is 0 Å². The molecule has 0 unspecified atom stereocenters. The Labute approximate surface area is 158 Å². The van der Waals surface area contributed by atoms with Crippen LogP contribution in [0, 0.1) is 0 Å². The first kappa shape index (κ1) is 18.0. The molecule has 6 heteroatoms. The summed E-state index contributed by atoms with van der Waals surface area (Å²) in [5.74, 6) is 0.757. The maximum Gasteiger partial charge on any atom is 0.191 e. The number of hydrogen-bond donors (Lipinski definition) is 2. The van der Waals surface area contributed by atoms with Crippen LogP contribution < -0.4 is 10.6 Å². The van der Waals surface area contributed by atoms with Gasteiger partial charge in [0.15, 0.2) is 5.96 Å². The monoisotopic (exact) mass is 367 g/mol. The number of nitrogens with zero attached hydrogens (tertiary/aromatic N) is 3. The second-order valence-electron chi connectivity index (χ2n) is 5.96. The van der Waals surface area contributed by atoms with Crippen molar-refractivity contribution in [2.45, 2.75) is 19.6 Å². The molecule has 0 aliphatic heterocycles. The maximum atomic E-state index is 6.01. The number of guanidine groups is 1. The van der Waals surface area contributed by atoms with E-state index in [0.717, 1.165) is 23.1 Å². The highest BCUT2D eigenvalue weighted by Gasteiger charge is 2.01. The number of halogens is 1. The molecule has 2 aromatic carbocycles. The molecule has 0 saturated carbocycles. The first-order chi connectivity index (χ1) is 12.7. The number of aromatic nitrogens is 2. The molecule has 1 aromatic heterocycles. The lowest BCUT2D eigenvalue weighted by Crippen LogP contribution is -2.36. The van der Waals surface area contributed by atoms with E-state index in [0.29, 0.717) is 13.1 Å². The first-order valence-corrected chi connectivity index (χ1v) is 8.83. The summed E-state index contributed by atoms with van der Waals surface area (Å²) >= 11 is 6.01. The van der Waals surface area contributed by atoms with E-state index in [2.05, 4.69) is 49.4 Å². The Kier molecular flexibility index (Phi) is 6.28. The zero-order chi connectivity index (χ0) is 18.2. The predicted molar refractivity (Wildman–Crippen MR) is 106 cm³/mol. The van der Waals surface area contributed by atoms with Gasteiger partial charge in [0.1, 0.15) is 0 Å². The third-order valence-corrected chi connectivity index (χ3v) is 4.21. The van der Waals surface area contributed by atoms with Gasteiger partial charge in [-0.1, -0.05) is 48.0 Å². The van der Waals surface area contributed by atoms with E-state index in [9.17, 15) is 0 Å². The number of aliphatic imine (C=N–C) groups is 1. The molecule has 0 saturated heterocycles. The molecule has 2 N–H and O–H groups in total. The standard InChI is InChI=1S/C20H22ClN5/c1-22-20(25-13-18-3-2-4-19(21)11-18)24-12-16-5-7-17(8-6-16)14-26-10-9-23-15-26/h2-11,15H,12-14H2,1H3,(H2,22,24,25). The van der Waals surface area contributed by atoms with Crippen LogP contribution in [0.15, 0.2) is 72.2 Å². The minimum Gasteiger partial charge on any atom is -0.352 e. The van der Waals surface area contributed by atoms with Crippen molar-refractivity contribution in [3.63, 3.8) is 0 Å². The van der Waals surface area contributed by atoms with Gasteiger partial charge in [0, 0.05) is 44.1 Å². The molecule has 0 spiro atoms. The van der Waals surface area contributed by atoms with Crippen molar-refractivity contribution in [1.29, 1.82) is 0 Å². The van der Waals surface area contributed by atoms with Crippen molar-refractivity contribution in [3.8, 4) is 0 Å². The van der Waals surface area contributed by atoms with E-state index in [1.54, 1.807) is 13.2 Å². The lowest BCUT2D eigenvalue weighted by atomic mass is 10.1. The molecule has 1 heterocycles. The number of hydrogen-bond acceptors (Lipinski definition) is 2. The SMILES string of the molecule is CN=C(NCc1ccc(Cn2ccnc2)cc1)NCc1cccc(Cl)c1. The third-order valence-electron chi connectivity index (χ3n) is 3.98. The van der Waals surface area contributed by atoms with E-state index >= 15 is 0 Å². The fraction of sp³-hybridized carbons (Fsp3) is 0.200. The van der Waals surface area contributed by atoms with Crippen LogP contribution in [0.25, 0.3) is 0 Å². The fourth-order valence-corrected chi connectivity index (χ4v) is 2.81. The van der Waals surface area contributed by atoms with Gasteiger partial charge in [0.25, 0.3) is 0 Å². The van der Waals surface area contributed by atoms with E-state index < -0.39 is 0 Å². The lowest BCUT2D eigenvalue weighted by Gasteiger charge is -2.12. The van der Waals surface area contributed by atoms with Crippen LogP contribution in [0.5, 0.6) is 0 Å². The Bertz CT molecular complexity index is 841. The number of benzene rings is 2. The van der Waals surface area contributed by atoms with Gasteiger partial charge in [-0.25, -0.2) is 4.98 Å². The summed E-state index contributed by atoms with van der Waals surface area (Å²) in [5, 5.41) is 7.36. The van der Waals surface area contributed by atoms with Gasteiger partial charge in [-0.2, -0.15) is 0 Å². The Balaban J connectivity index is 1.48. The number of nitrogens with one attached hydrogen (secondary N) is 2. The zero-order valence-corrected chi connectivity index (χ0v) is 15.4. The maximum absolute atomic E-state index is 6.01. The average molecular weight is 368 g/mol.